The van der Waals surface area contributed by atoms with Crippen molar-refractivity contribution in [2.45, 2.75) is 43.4 Å². The van der Waals surface area contributed by atoms with Gasteiger partial charge in [-0.15, -0.1) is 11.8 Å². The van der Waals surface area contributed by atoms with Crippen LogP contribution in [-0.2, 0) is 14.8 Å². The Morgan fingerprint density at radius 2 is 1.70 bits per heavy atom. The standard InChI is InChI=1S/C23H30N2O3S2/c1-17-4-7-21(8-5-17)29-15-12-24-23(26)20-10-13-25(14-11-20)30(27,28)22-9-6-18(2)19(3)16-22/h4-9,16,20H,10-15H2,1-3H3,(H,24,26). The molecule has 2 aromatic rings. The molecule has 0 atom stereocenters. The molecule has 0 aliphatic carbocycles. The van der Waals surface area contributed by atoms with Crippen LogP contribution in [0, 0.1) is 26.7 Å². The van der Waals surface area contributed by atoms with Gasteiger partial charge in [0.05, 0.1) is 4.90 Å². The SMILES string of the molecule is Cc1ccc(SCCNC(=O)C2CCN(S(=O)(=O)c3ccc(C)c(C)c3)CC2)cc1. The number of nitrogens with zero attached hydrogens (tertiary/aromatic N) is 1. The van der Waals surface area contributed by atoms with E-state index in [9.17, 15) is 13.2 Å². The number of aryl methyl sites for hydroxylation is 3. The molecule has 162 valence electrons. The van der Waals surface area contributed by atoms with Crippen LogP contribution < -0.4 is 5.32 Å². The zero-order valence-corrected chi connectivity index (χ0v) is 19.5. The zero-order chi connectivity index (χ0) is 21.7. The number of carbonyl (C=O) groups is 1. The first-order chi connectivity index (χ1) is 14.3. The van der Waals surface area contributed by atoms with Gasteiger partial charge < -0.3 is 5.32 Å². The highest BCUT2D eigenvalue weighted by Gasteiger charge is 2.32. The van der Waals surface area contributed by atoms with Gasteiger partial charge in [-0.1, -0.05) is 23.8 Å². The Morgan fingerprint density at radius 1 is 1.03 bits per heavy atom. The molecule has 0 unspecified atom stereocenters. The van der Waals surface area contributed by atoms with Crippen molar-refractivity contribution in [1.29, 1.82) is 0 Å². The summed E-state index contributed by atoms with van der Waals surface area (Å²) < 4.78 is 27.3. The average Bonchev–Trinajstić information content (AvgIpc) is 2.74. The Balaban J connectivity index is 1.45. The van der Waals surface area contributed by atoms with Crippen LogP contribution in [0.3, 0.4) is 0 Å². The number of rotatable bonds is 7. The lowest BCUT2D eigenvalue weighted by atomic mass is 9.97. The number of carbonyl (C=O) groups excluding carboxylic acids is 1. The largest absolute Gasteiger partial charge is 0.355 e. The van der Waals surface area contributed by atoms with Crippen LogP contribution in [0.2, 0.25) is 0 Å². The summed E-state index contributed by atoms with van der Waals surface area (Å²) >= 11 is 1.72. The molecule has 0 spiro atoms. The second-order valence-corrected chi connectivity index (χ2v) is 11.0. The van der Waals surface area contributed by atoms with Gasteiger partial charge in [0.1, 0.15) is 0 Å². The van der Waals surface area contributed by atoms with Gasteiger partial charge >= 0.3 is 0 Å². The van der Waals surface area contributed by atoms with Gasteiger partial charge in [-0.2, -0.15) is 4.31 Å². The molecular weight excluding hydrogens is 416 g/mol. The average molecular weight is 447 g/mol. The van der Waals surface area contributed by atoms with Gasteiger partial charge in [0, 0.05) is 36.2 Å². The number of hydrogen-bond acceptors (Lipinski definition) is 4. The summed E-state index contributed by atoms with van der Waals surface area (Å²) in [6.45, 7) is 7.32. The molecule has 0 radical (unpaired) electrons. The van der Waals surface area contributed by atoms with Crippen LogP contribution >= 0.6 is 11.8 Å². The van der Waals surface area contributed by atoms with Crippen molar-refractivity contribution in [2.24, 2.45) is 5.92 Å². The summed E-state index contributed by atoms with van der Waals surface area (Å²) in [6, 6.07) is 13.6. The molecule has 7 heteroatoms. The lowest BCUT2D eigenvalue weighted by Crippen LogP contribution is -2.43. The third-order valence-electron chi connectivity index (χ3n) is 5.63. The Bertz CT molecular complexity index is 980. The first kappa shape index (κ1) is 22.8. The molecular formula is C23H30N2O3S2. The molecule has 0 saturated carbocycles. The van der Waals surface area contributed by atoms with E-state index in [4.69, 9.17) is 0 Å². The van der Waals surface area contributed by atoms with Crippen molar-refractivity contribution in [3.63, 3.8) is 0 Å². The van der Waals surface area contributed by atoms with Crippen LogP contribution in [0.5, 0.6) is 0 Å². The van der Waals surface area contributed by atoms with E-state index in [1.807, 2.05) is 19.9 Å². The van der Waals surface area contributed by atoms with Gasteiger partial charge in [0.25, 0.3) is 0 Å². The van der Waals surface area contributed by atoms with Crippen molar-refractivity contribution in [3.8, 4) is 0 Å². The maximum Gasteiger partial charge on any atom is 0.243 e. The van der Waals surface area contributed by atoms with E-state index in [1.165, 1.54) is 14.8 Å². The molecule has 1 fully saturated rings. The Kier molecular flexibility index (Phi) is 7.60. The molecule has 1 N–H and O–H groups in total. The number of nitrogens with one attached hydrogen (secondary N) is 1. The van der Waals surface area contributed by atoms with Gasteiger partial charge in [0.2, 0.25) is 15.9 Å². The smallest absolute Gasteiger partial charge is 0.243 e. The lowest BCUT2D eigenvalue weighted by Gasteiger charge is -2.30. The highest BCUT2D eigenvalue weighted by Crippen LogP contribution is 2.25. The molecule has 1 aliphatic rings. The zero-order valence-electron chi connectivity index (χ0n) is 17.8. The van der Waals surface area contributed by atoms with Gasteiger partial charge in [0.15, 0.2) is 0 Å². The summed E-state index contributed by atoms with van der Waals surface area (Å²) in [5.74, 6) is 0.720. The number of thioether (sulfide) groups is 1. The van der Waals surface area contributed by atoms with Gasteiger partial charge in [-0.05, 0) is 69.0 Å². The second kappa shape index (κ2) is 9.98. The van der Waals surface area contributed by atoms with E-state index < -0.39 is 10.0 Å². The monoisotopic (exact) mass is 446 g/mol. The first-order valence-corrected chi connectivity index (χ1v) is 12.7. The Morgan fingerprint density at radius 3 is 2.33 bits per heavy atom. The van der Waals surface area contributed by atoms with Crippen LogP contribution in [-0.4, -0.2) is 44.0 Å². The fourth-order valence-corrected chi connectivity index (χ4v) is 5.83. The number of hydrogen-bond donors (Lipinski definition) is 1. The maximum absolute atomic E-state index is 12.9. The summed E-state index contributed by atoms with van der Waals surface area (Å²) in [4.78, 5) is 14.0. The fourth-order valence-electron chi connectivity index (χ4n) is 3.50. The summed E-state index contributed by atoms with van der Waals surface area (Å²) in [5, 5.41) is 3.01. The minimum absolute atomic E-state index is 0.0303. The molecule has 1 amide bonds. The topological polar surface area (TPSA) is 66.5 Å². The van der Waals surface area contributed by atoms with Gasteiger partial charge in [-0.25, -0.2) is 8.42 Å². The quantitative estimate of drug-likeness (QED) is 0.517. The highest BCUT2D eigenvalue weighted by molar-refractivity contribution is 7.99. The molecule has 2 aromatic carbocycles. The maximum atomic E-state index is 12.9. The number of benzene rings is 2. The number of piperidine rings is 1. The number of amides is 1. The fraction of sp³-hybridized carbons (Fsp3) is 0.435. The molecule has 5 nitrogen and oxygen atoms in total. The van der Waals surface area contributed by atoms with Crippen molar-refractivity contribution in [3.05, 3.63) is 59.2 Å². The summed E-state index contributed by atoms with van der Waals surface area (Å²) in [5.41, 5.74) is 3.28. The van der Waals surface area contributed by atoms with Crippen molar-refractivity contribution >= 4 is 27.7 Å². The van der Waals surface area contributed by atoms with Crippen molar-refractivity contribution < 1.29 is 13.2 Å². The van der Waals surface area contributed by atoms with Crippen molar-refractivity contribution in [1.82, 2.24) is 9.62 Å². The highest BCUT2D eigenvalue weighted by atomic mass is 32.2. The van der Waals surface area contributed by atoms with Crippen LogP contribution in [0.1, 0.15) is 29.5 Å². The van der Waals surface area contributed by atoms with Gasteiger partial charge in [-0.3, -0.25) is 4.79 Å². The van der Waals surface area contributed by atoms with E-state index in [-0.39, 0.29) is 11.8 Å². The van der Waals surface area contributed by atoms with Crippen LogP contribution in [0.4, 0.5) is 0 Å². The molecule has 1 saturated heterocycles. The van der Waals surface area contributed by atoms with E-state index in [0.29, 0.717) is 37.4 Å². The second-order valence-electron chi connectivity index (χ2n) is 7.88. The molecule has 1 heterocycles. The molecule has 0 bridgehead atoms. The van der Waals surface area contributed by atoms with E-state index in [2.05, 4.69) is 36.5 Å². The number of sulfonamides is 1. The van der Waals surface area contributed by atoms with Crippen LogP contribution in [0.15, 0.2) is 52.3 Å². The summed E-state index contributed by atoms with van der Waals surface area (Å²) in [6.07, 6.45) is 1.11. The Labute approximate surface area is 184 Å². The predicted molar refractivity (Wildman–Crippen MR) is 122 cm³/mol. The van der Waals surface area contributed by atoms with E-state index in [1.54, 1.807) is 23.9 Å². The molecule has 30 heavy (non-hydrogen) atoms. The van der Waals surface area contributed by atoms with Crippen molar-refractivity contribution in [2.75, 3.05) is 25.4 Å². The first-order valence-electron chi connectivity index (χ1n) is 10.3. The molecule has 0 aromatic heterocycles. The third kappa shape index (κ3) is 5.65. The molecule has 3 rings (SSSR count). The Hall–Kier alpha value is -1.83. The predicted octanol–water partition coefficient (Wildman–Crippen LogP) is 3.92. The van der Waals surface area contributed by atoms with E-state index >= 15 is 0 Å². The molecule has 1 aliphatic heterocycles. The third-order valence-corrected chi connectivity index (χ3v) is 8.54. The van der Waals surface area contributed by atoms with Crippen LogP contribution in [0.25, 0.3) is 0 Å². The normalized spacial score (nSPS) is 15.8. The lowest BCUT2D eigenvalue weighted by molar-refractivity contribution is -0.125. The minimum atomic E-state index is -3.51. The minimum Gasteiger partial charge on any atom is -0.355 e. The van der Waals surface area contributed by atoms with E-state index in [0.717, 1.165) is 16.9 Å². The summed E-state index contributed by atoms with van der Waals surface area (Å²) in [7, 11) is -3.51.